The molecule has 1 aliphatic rings. The van der Waals surface area contributed by atoms with Gasteiger partial charge in [0.15, 0.2) is 6.20 Å². The average molecular weight is 580 g/mol. The van der Waals surface area contributed by atoms with E-state index in [1.165, 1.54) is 108 Å². The third-order valence-corrected chi connectivity index (χ3v) is 10.5. The van der Waals surface area contributed by atoms with Crippen LogP contribution in [0.15, 0.2) is 60.8 Å². The Morgan fingerprint density at radius 3 is 2.18 bits per heavy atom. The van der Waals surface area contributed by atoms with Crippen LogP contribution in [0, 0.1) is 17.8 Å². The van der Waals surface area contributed by atoms with Crippen LogP contribution in [0.1, 0.15) is 95.4 Å². The number of fused-ring (bicyclic) bond motifs is 7. The lowest BCUT2D eigenvalue weighted by atomic mass is 9.81. The Kier molecular flexibility index (Phi) is 5.97. The van der Waals surface area contributed by atoms with Gasteiger partial charge in [-0.1, -0.05) is 90.8 Å². The number of aryl methyl sites for hydroxylation is 2. The smallest absolute Gasteiger partial charge is 0.224 e. The molecule has 1 fully saturated rings. The maximum absolute atomic E-state index is 2.68. The summed E-state index contributed by atoms with van der Waals surface area (Å²) in [6, 6.07) is 21.9. The number of rotatable bonds is 3. The van der Waals surface area contributed by atoms with E-state index in [-0.39, 0.29) is 10.8 Å². The quantitative estimate of drug-likeness (QED) is 0.112. The molecule has 2 nitrogen and oxygen atoms in total. The van der Waals surface area contributed by atoms with Crippen LogP contribution in [0.5, 0.6) is 0 Å². The minimum atomic E-state index is 0.142. The van der Waals surface area contributed by atoms with Crippen molar-refractivity contribution in [2.75, 3.05) is 0 Å². The Labute approximate surface area is 262 Å². The van der Waals surface area contributed by atoms with Crippen molar-refractivity contribution in [3.05, 3.63) is 83.0 Å². The molecule has 0 atom stereocenters. The molecule has 0 bridgehead atoms. The molecule has 2 heteroatoms. The lowest BCUT2D eigenvalue weighted by molar-refractivity contribution is -0.643. The van der Waals surface area contributed by atoms with Gasteiger partial charge in [0.25, 0.3) is 0 Å². The topological polar surface area (TPSA) is 8.29 Å². The van der Waals surface area contributed by atoms with Gasteiger partial charge in [-0.3, -0.25) is 0 Å². The molecular formula is C42H47N2+. The fraction of sp³-hybridized carbons (Fsp3) is 0.405. The van der Waals surface area contributed by atoms with E-state index >= 15 is 0 Å². The summed E-state index contributed by atoms with van der Waals surface area (Å²) in [5.74, 6) is 0.703. The van der Waals surface area contributed by atoms with Gasteiger partial charge in [0, 0.05) is 16.8 Å². The highest BCUT2D eigenvalue weighted by atomic mass is 15.0. The lowest BCUT2D eigenvalue weighted by Gasteiger charge is -2.25. The summed E-state index contributed by atoms with van der Waals surface area (Å²) >= 11 is 0. The molecule has 0 aliphatic heterocycles. The molecule has 3 aromatic heterocycles. The van der Waals surface area contributed by atoms with Crippen molar-refractivity contribution in [3.63, 3.8) is 0 Å². The third-order valence-electron chi connectivity index (χ3n) is 10.5. The highest BCUT2D eigenvalue weighted by molar-refractivity contribution is 6.29. The molecule has 0 amide bonds. The Morgan fingerprint density at radius 1 is 0.727 bits per heavy atom. The Morgan fingerprint density at radius 2 is 1.45 bits per heavy atom. The summed E-state index contributed by atoms with van der Waals surface area (Å²) in [6.45, 7) is 16.6. The van der Waals surface area contributed by atoms with Crippen molar-refractivity contribution in [3.8, 4) is 0 Å². The van der Waals surface area contributed by atoms with E-state index in [2.05, 4.69) is 125 Å². The van der Waals surface area contributed by atoms with Gasteiger partial charge < -0.3 is 4.40 Å². The predicted octanol–water partition coefficient (Wildman–Crippen LogP) is 11.1. The summed E-state index contributed by atoms with van der Waals surface area (Å²) in [5.41, 5.74) is 11.7. The average Bonchev–Trinajstić information content (AvgIpc) is 3.61. The minimum absolute atomic E-state index is 0.142. The first-order chi connectivity index (χ1) is 20.9. The van der Waals surface area contributed by atoms with Gasteiger partial charge in [-0.2, -0.15) is 0 Å². The lowest BCUT2D eigenvalue weighted by Crippen LogP contribution is -2.29. The summed E-state index contributed by atoms with van der Waals surface area (Å²) < 4.78 is 5.08. The maximum Gasteiger partial charge on any atom is 0.224 e. The zero-order valence-electron chi connectivity index (χ0n) is 28.0. The standard InChI is InChI=1S/C42H47N2/c1-25-32-21-26(23-41(2,3)4)13-16-30(32)34(24-42(5,6)7)39-36(25)40-37-28(19-20-43(40)8)14-17-31-33-22-29(27-11-9-10-12-27)15-18-35(33)44(39)38(31)37/h13-22,27H,9-12,23-24H2,1-8H3/q+1. The van der Waals surface area contributed by atoms with Gasteiger partial charge in [-0.15, -0.1) is 0 Å². The van der Waals surface area contributed by atoms with Crippen molar-refractivity contribution in [1.82, 2.24) is 4.40 Å². The highest BCUT2D eigenvalue weighted by Gasteiger charge is 2.29. The molecule has 0 N–H and O–H groups in total. The van der Waals surface area contributed by atoms with Crippen molar-refractivity contribution < 1.29 is 4.57 Å². The van der Waals surface area contributed by atoms with Crippen LogP contribution in [0.25, 0.3) is 59.8 Å². The Bertz CT molecular complexity index is 2260. The van der Waals surface area contributed by atoms with E-state index < -0.39 is 0 Å². The molecular weight excluding hydrogens is 532 g/mol. The van der Waals surface area contributed by atoms with Gasteiger partial charge in [0.05, 0.1) is 27.3 Å². The number of hydrogen-bond donors (Lipinski definition) is 0. The van der Waals surface area contributed by atoms with Crippen molar-refractivity contribution in [2.45, 2.75) is 92.9 Å². The van der Waals surface area contributed by atoms with Gasteiger partial charge in [0.2, 0.25) is 5.52 Å². The molecule has 1 aliphatic carbocycles. The second-order valence-corrected chi connectivity index (χ2v) is 16.5. The number of pyridine rings is 2. The molecule has 0 saturated heterocycles. The number of aromatic nitrogens is 2. The zero-order chi connectivity index (χ0) is 30.7. The molecule has 3 heterocycles. The van der Waals surface area contributed by atoms with Gasteiger partial charge in [0.1, 0.15) is 7.05 Å². The first kappa shape index (κ1) is 27.9. The second kappa shape index (κ2) is 9.43. The fourth-order valence-electron chi connectivity index (χ4n) is 8.74. The van der Waals surface area contributed by atoms with E-state index in [9.17, 15) is 0 Å². The van der Waals surface area contributed by atoms with E-state index in [0.717, 1.165) is 12.8 Å². The van der Waals surface area contributed by atoms with E-state index in [0.29, 0.717) is 5.92 Å². The Hall–Kier alpha value is -3.65. The maximum atomic E-state index is 2.68. The van der Waals surface area contributed by atoms with Crippen LogP contribution < -0.4 is 4.57 Å². The molecule has 1 saturated carbocycles. The van der Waals surface area contributed by atoms with Crippen molar-refractivity contribution in [2.24, 2.45) is 17.9 Å². The van der Waals surface area contributed by atoms with Crippen LogP contribution in [0.4, 0.5) is 0 Å². The van der Waals surface area contributed by atoms with E-state index in [1.54, 1.807) is 0 Å². The molecule has 0 spiro atoms. The molecule has 224 valence electrons. The fourth-order valence-corrected chi connectivity index (χ4v) is 8.74. The first-order valence-electron chi connectivity index (χ1n) is 16.9. The van der Waals surface area contributed by atoms with Crippen molar-refractivity contribution in [1.29, 1.82) is 0 Å². The molecule has 44 heavy (non-hydrogen) atoms. The van der Waals surface area contributed by atoms with Crippen LogP contribution in [-0.2, 0) is 19.9 Å². The molecule has 4 aromatic carbocycles. The normalized spacial score (nSPS) is 15.5. The zero-order valence-corrected chi connectivity index (χ0v) is 28.0. The monoisotopic (exact) mass is 579 g/mol. The second-order valence-electron chi connectivity index (χ2n) is 16.5. The van der Waals surface area contributed by atoms with Gasteiger partial charge >= 0.3 is 0 Å². The third kappa shape index (κ3) is 4.16. The molecule has 8 rings (SSSR count). The molecule has 0 unspecified atom stereocenters. The summed E-state index contributed by atoms with van der Waals surface area (Å²) in [6.07, 6.45) is 9.75. The predicted molar refractivity (Wildman–Crippen MR) is 190 cm³/mol. The van der Waals surface area contributed by atoms with E-state index in [4.69, 9.17) is 0 Å². The summed E-state index contributed by atoms with van der Waals surface area (Å²) in [4.78, 5) is 0. The van der Waals surface area contributed by atoms with Crippen LogP contribution in [-0.4, -0.2) is 4.40 Å². The summed E-state index contributed by atoms with van der Waals surface area (Å²) in [7, 11) is 2.25. The van der Waals surface area contributed by atoms with Gasteiger partial charge in [-0.25, -0.2) is 4.57 Å². The Balaban J connectivity index is 1.62. The van der Waals surface area contributed by atoms with Crippen LogP contribution in [0.2, 0.25) is 0 Å². The van der Waals surface area contributed by atoms with Crippen molar-refractivity contribution >= 4 is 59.8 Å². The number of benzene rings is 4. The minimum Gasteiger partial charge on any atom is -0.307 e. The molecule has 7 aromatic rings. The largest absolute Gasteiger partial charge is 0.307 e. The van der Waals surface area contributed by atoms with E-state index in [1.807, 2.05) is 0 Å². The highest BCUT2D eigenvalue weighted by Crippen LogP contribution is 2.46. The number of nitrogens with zero attached hydrogens (tertiary/aromatic N) is 2. The first-order valence-corrected chi connectivity index (χ1v) is 16.9. The number of hydrogen-bond acceptors (Lipinski definition) is 0. The summed E-state index contributed by atoms with van der Waals surface area (Å²) in [5, 5.41) is 9.78. The SMILES string of the molecule is Cc1c2cc(CC(C)(C)C)ccc2c(CC(C)(C)C)c2c1c1c3c(ccc4c5cc(C6CCCC6)ccc5n2c43)cc[n+]1C. The van der Waals surface area contributed by atoms with Gasteiger partial charge in [-0.05, 0) is 99.9 Å². The van der Waals surface area contributed by atoms with Crippen LogP contribution >= 0.6 is 0 Å². The van der Waals surface area contributed by atoms with Crippen LogP contribution in [0.3, 0.4) is 0 Å². The molecule has 0 radical (unpaired) electrons.